The summed E-state index contributed by atoms with van der Waals surface area (Å²) in [6, 6.07) is 15.9. The molecular weight excluding hydrogens is 386 g/mol. The summed E-state index contributed by atoms with van der Waals surface area (Å²) in [6.45, 7) is 0. The van der Waals surface area contributed by atoms with Crippen LogP contribution in [0, 0.1) is 0 Å². The Morgan fingerprint density at radius 2 is 1.69 bits per heavy atom. The zero-order valence-corrected chi connectivity index (χ0v) is 17.9. The van der Waals surface area contributed by atoms with Gasteiger partial charge < -0.3 is 18.6 Å². The van der Waals surface area contributed by atoms with Gasteiger partial charge in [0.1, 0.15) is 5.76 Å². The van der Waals surface area contributed by atoms with E-state index in [2.05, 4.69) is 12.3 Å². The molecule has 3 aromatic rings. The predicted octanol–water partition coefficient (Wildman–Crippen LogP) is 5.78. The van der Waals surface area contributed by atoms with Crippen molar-refractivity contribution in [3.63, 3.8) is 0 Å². The van der Waals surface area contributed by atoms with Gasteiger partial charge in [-0.05, 0) is 61.1 Å². The van der Waals surface area contributed by atoms with Crippen LogP contribution in [-0.4, -0.2) is 33.3 Å². The Bertz CT molecular complexity index is 942. The number of ether oxygens (including phenoxy) is 3. The van der Waals surface area contributed by atoms with E-state index >= 15 is 0 Å². The second-order valence-electron chi connectivity index (χ2n) is 6.24. The van der Waals surface area contributed by atoms with E-state index in [1.54, 1.807) is 39.4 Å². The molecule has 0 spiro atoms. The summed E-state index contributed by atoms with van der Waals surface area (Å²) < 4.78 is 22.0. The SMILES string of the molecule is COc1cc(CCC(=Nc2ccccc2SC)c2ccco2)cc(OC)c1OC. The lowest BCUT2D eigenvalue weighted by molar-refractivity contribution is 0.324. The number of furan rings is 1. The zero-order chi connectivity index (χ0) is 20.6. The van der Waals surface area contributed by atoms with Gasteiger partial charge in [-0.25, -0.2) is 4.99 Å². The maximum Gasteiger partial charge on any atom is 0.203 e. The summed E-state index contributed by atoms with van der Waals surface area (Å²) in [5, 5.41) is 0. The first-order chi connectivity index (χ1) is 14.2. The summed E-state index contributed by atoms with van der Waals surface area (Å²) in [6.07, 6.45) is 5.17. The van der Waals surface area contributed by atoms with Gasteiger partial charge in [0.2, 0.25) is 5.75 Å². The lowest BCUT2D eigenvalue weighted by Gasteiger charge is -2.14. The van der Waals surface area contributed by atoms with Crippen molar-refractivity contribution in [2.24, 2.45) is 4.99 Å². The molecule has 6 heteroatoms. The molecule has 0 fully saturated rings. The zero-order valence-electron chi connectivity index (χ0n) is 17.1. The molecule has 1 aromatic heterocycles. The first-order valence-corrected chi connectivity index (χ1v) is 10.5. The van der Waals surface area contributed by atoms with Crippen molar-refractivity contribution in [1.82, 2.24) is 0 Å². The second-order valence-corrected chi connectivity index (χ2v) is 7.09. The van der Waals surface area contributed by atoms with Crippen LogP contribution in [0.15, 0.2) is 69.1 Å². The lowest BCUT2D eigenvalue weighted by atomic mass is 10.0. The standard InChI is InChI=1S/C23H25NO4S/c1-25-20-14-16(15-21(26-2)23(20)27-3)11-12-17(19-9-7-13-28-19)24-18-8-5-6-10-22(18)29-4/h5-10,13-15H,11-12H2,1-4H3. The monoisotopic (exact) mass is 411 g/mol. The minimum absolute atomic E-state index is 0.590. The third-order valence-electron chi connectivity index (χ3n) is 4.52. The van der Waals surface area contributed by atoms with Gasteiger partial charge in [0, 0.05) is 4.90 Å². The predicted molar refractivity (Wildman–Crippen MR) is 118 cm³/mol. The van der Waals surface area contributed by atoms with Crippen molar-refractivity contribution in [1.29, 1.82) is 0 Å². The van der Waals surface area contributed by atoms with Crippen LogP contribution in [0.4, 0.5) is 5.69 Å². The molecule has 0 saturated carbocycles. The highest BCUT2D eigenvalue weighted by Crippen LogP contribution is 2.38. The van der Waals surface area contributed by atoms with E-state index in [4.69, 9.17) is 23.6 Å². The molecule has 5 nitrogen and oxygen atoms in total. The van der Waals surface area contributed by atoms with Gasteiger partial charge in [0.25, 0.3) is 0 Å². The van der Waals surface area contributed by atoms with Crippen LogP contribution in [0.1, 0.15) is 17.7 Å². The molecule has 3 rings (SSSR count). The maximum absolute atomic E-state index is 5.65. The Kier molecular flexibility index (Phi) is 7.25. The Hall–Kier alpha value is -2.86. The number of aliphatic imine (C=N–C) groups is 1. The van der Waals surface area contributed by atoms with E-state index in [9.17, 15) is 0 Å². The molecular formula is C23H25NO4S. The largest absolute Gasteiger partial charge is 0.493 e. The van der Waals surface area contributed by atoms with Gasteiger partial charge in [-0.15, -0.1) is 11.8 Å². The number of nitrogens with zero attached hydrogens (tertiary/aromatic N) is 1. The van der Waals surface area contributed by atoms with Crippen LogP contribution >= 0.6 is 11.8 Å². The number of benzene rings is 2. The van der Waals surface area contributed by atoms with Crippen molar-refractivity contribution in [3.05, 3.63) is 66.1 Å². The fourth-order valence-electron chi connectivity index (χ4n) is 3.09. The smallest absolute Gasteiger partial charge is 0.203 e. The van der Waals surface area contributed by atoms with Gasteiger partial charge >= 0.3 is 0 Å². The Morgan fingerprint density at radius 1 is 0.966 bits per heavy atom. The summed E-state index contributed by atoms with van der Waals surface area (Å²) in [5.74, 6) is 2.65. The summed E-state index contributed by atoms with van der Waals surface area (Å²) in [7, 11) is 4.84. The molecule has 0 aliphatic heterocycles. The fraction of sp³-hybridized carbons (Fsp3) is 0.261. The molecule has 29 heavy (non-hydrogen) atoms. The first-order valence-electron chi connectivity index (χ1n) is 9.23. The Labute approximate surface area is 175 Å². The fourth-order valence-corrected chi connectivity index (χ4v) is 3.62. The average molecular weight is 412 g/mol. The van der Waals surface area contributed by atoms with E-state index < -0.39 is 0 Å². The maximum atomic E-state index is 5.65. The highest BCUT2D eigenvalue weighted by molar-refractivity contribution is 7.98. The molecule has 0 atom stereocenters. The molecule has 2 aromatic carbocycles. The minimum atomic E-state index is 0.590. The number of hydrogen-bond acceptors (Lipinski definition) is 6. The number of rotatable bonds is 9. The number of thioether (sulfide) groups is 1. The van der Waals surface area contributed by atoms with Crippen molar-refractivity contribution in [3.8, 4) is 17.2 Å². The topological polar surface area (TPSA) is 53.2 Å². The van der Waals surface area contributed by atoms with Crippen molar-refractivity contribution < 1.29 is 18.6 Å². The van der Waals surface area contributed by atoms with Crippen LogP contribution < -0.4 is 14.2 Å². The van der Waals surface area contributed by atoms with Gasteiger partial charge in [0.15, 0.2) is 11.5 Å². The van der Waals surface area contributed by atoms with E-state index in [1.807, 2.05) is 42.5 Å². The molecule has 0 radical (unpaired) electrons. The van der Waals surface area contributed by atoms with Gasteiger partial charge in [-0.1, -0.05) is 12.1 Å². The number of aryl methyl sites for hydroxylation is 1. The third kappa shape index (κ3) is 4.95. The minimum Gasteiger partial charge on any atom is -0.493 e. The molecule has 1 heterocycles. The number of methoxy groups -OCH3 is 3. The van der Waals surface area contributed by atoms with Crippen molar-refractivity contribution >= 4 is 23.2 Å². The third-order valence-corrected chi connectivity index (χ3v) is 5.31. The molecule has 0 N–H and O–H groups in total. The van der Waals surface area contributed by atoms with E-state index in [-0.39, 0.29) is 0 Å². The molecule has 0 saturated heterocycles. The average Bonchev–Trinajstić information content (AvgIpc) is 3.30. The van der Waals surface area contributed by atoms with Gasteiger partial charge in [0.05, 0.1) is 39.0 Å². The summed E-state index contributed by atoms with van der Waals surface area (Å²) in [4.78, 5) is 6.05. The van der Waals surface area contributed by atoms with E-state index in [0.29, 0.717) is 23.7 Å². The van der Waals surface area contributed by atoms with Crippen LogP contribution in [-0.2, 0) is 6.42 Å². The summed E-state index contributed by atoms with van der Waals surface area (Å²) in [5.41, 5.74) is 2.90. The summed E-state index contributed by atoms with van der Waals surface area (Å²) >= 11 is 1.68. The highest BCUT2D eigenvalue weighted by Gasteiger charge is 2.15. The number of para-hydroxylation sites is 1. The van der Waals surface area contributed by atoms with Crippen LogP contribution in [0.2, 0.25) is 0 Å². The quantitative estimate of drug-likeness (QED) is 0.330. The van der Waals surface area contributed by atoms with Crippen LogP contribution in [0.3, 0.4) is 0 Å². The normalized spacial score (nSPS) is 11.4. The van der Waals surface area contributed by atoms with Crippen molar-refractivity contribution in [2.75, 3.05) is 27.6 Å². The molecule has 0 bridgehead atoms. The molecule has 0 amide bonds. The van der Waals surface area contributed by atoms with E-state index in [1.165, 1.54) is 0 Å². The second kappa shape index (κ2) is 10.1. The first kappa shape index (κ1) is 20.9. The van der Waals surface area contributed by atoms with Crippen LogP contribution in [0.25, 0.3) is 0 Å². The highest BCUT2D eigenvalue weighted by atomic mass is 32.2. The number of hydrogen-bond donors (Lipinski definition) is 0. The van der Waals surface area contributed by atoms with Crippen LogP contribution in [0.5, 0.6) is 17.2 Å². The Morgan fingerprint density at radius 3 is 2.28 bits per heavy atom. The van der Waals surface area contributed by atoms with Gasteiger partial charge in [-0.2, -0.15) is 0 Å². The molecule has 0 unspecified atom stereocenters. The van der Waals surface area contributed by atoms with Crippen molar-refractivity contribution in [2.45, 2.75) is 17.7 Å². The molecule has 152 valence electrons. The molecule has 0 aliphatic rings. The van der Waals surface area contributed by atoms with Gasteiger partial charge in [-0.3, -0.25) is 0 Å². The lowest BCUT2D eigenvalue weighted by Crippen LogP contribution is -2.03. The Balaban J connectivity index is 1.91. The van der Waals surface area contributed by atoms with E-state index in [0.717, 1.165) is 34.0 Å². The molecule has 0 aliphatic carbocycles.